The second-order valence-corrected chi connectivity index (χ2v) is 5.58. The lowest BCUT2D eigenvalue weighted by Gasteiger charge is -2.07. The summed E-state index contributed by atoms with van der Waals surface area (Å²) in [5.74, 6) is -0.810. The fourth-order valence-corrected chi connectivity index (χ4v) is 2.42. The zero-order valence-corrected chi connectivity index (χ0v) is 13.5. The van der Waals surface area contributed by atoms with Crippen molar-refractivity contribution in [3.8, 4) is 0 Å². The van der Waals surface area contributed by atoms with Crippen LogP contribution in [0.1, 0.15) is 17.5 Å². The maximum Gasteiger partial charge on any atom is 0.307 e. The third-order valence-electron chi connectivity index (χ3n) is 3.60. The quantitative estimate of drug-likeness (QED) is 0.497. The molecule has 0 fully saturated rings. The van der Waals surface area contributed by atoms with Crippen LogP contribution in [0.15, 0.2) is 47.4 Å². The van der Waals surface area contributed by atoms with Gasteiger partial charge >= 0.3 is 5.97 Å². The molecule has 0 unspecified atom stereocenters. The van der Waals surface area contributed by atoms with Crippen LogP contribution >= 0.6 is 0 Å². The molecule has 0 saturated heterocycles. The zero-order valence-electron chi connectivity index (χ0n) is 13.5. The molecule has 24 heavy (non-hydrogen) atoms. The highest BCUT2D eigenvalue weighted by Crippen LogP contribution is 2.06. The van der Waals surface area contributed by atoms with E-state index in [1.807, 2.05) is 24.3 Å². The van der Waals surface area contributed by atoms with E-state index >= 15 is 0 Å². The SMILES string of the molecule is O=C(O)Cc1cccc(CCNCCCNc2ccc[nH]c2=O)c1. The Morgan fingerprint density at radius 2 is 1.92 bits per heavy atom. The largest absolute Gasteiger partial charge is 0.481 e. The number of rotatable bonds is 10. The number of pyridine rings is 1. The molecule has 0 amide bonds. The Kier molecular flexibility index (Phi) is 7.04. The Hall–Kier alpha value is -2.60. The number of carboxylic acids is 1. The maximum atomic E-state index is 11.5. The summed E-state index contributed by atoms with van der Waals surface area (Å²) in [6, 6.07) is 11.2. The van der Waals surface area contributed by atoms with Gasteiger partial charge in [-0.3, -0.25) is 9.59 Å². The number of aromatic nitrogens is 1. The number of H-pyrrole nitrogens is 1. The highest BCUT2D eigenvalue weighted by Gasteiger charge is 2.01. The highest BCUT2D eigenvalue weighted by molar-refractivity contribution is 5.70. The van der Waals surface area contributed by atoms with E-state index in [4.69, 9.17) is 5.11 Å². The van der Waals surface area contributed by atoms with Gasteiger partial charge < -0.3 is 20.7 Å². The summed E-state index contributed by atoms with van der Waals surface area (Å²) in [5, 5.41) is 15.3. The van der Waals surface area contributed by atoms with E-state index in [9.17, 15) is 9.59 Å². The Labute approximate surface area is 140 Å². The third kappa shape index (κ3) is 6.26. The van der Waals surface area contributed by atoms with Crippen molar-refractivity contribution in [1.29, 1.82) is 0 Å². The van der Waals surface area contributed by atoms with Gasteiger partial charge in [0, 0.05) is 12.7 Å². The van der Waals surface area contributed by atoms with Crippen molar-refractivity contribution in [1.82, 2.24) is 10.3 Å². The summed E-state index contributed by atoms with van der Waals surface area (Å²) in [4.78, 5) is 24.8. The number of nitrogens with one attached hydrogen (secondary N) is 3. The van der Waals surface area contributed by atoms with Crippen molar-refractivity contribution in [2.75, 3.05) is 25.0 Å². The predicted molar refractivity (Wildman–Crippen MR) is 94.5 cm³/mol. The van der Waals surface area contributed by atoms with Crippen LogP contribution in [0.3, 0.4) is 0 Å². The second-order valence-electron chi connectivity index (χ2n) is 5.58. The van der Waals surface area contributed by atoms with Crippen molar-refractivity contribution >= 4 is 11.7 Å². The number of hydrogen-bond donors (Lipinski definition) is 4. The number of carbonyl (C=O) groups is 1. The Morgan fingerprint density at radius 3 is 2.71 bits per heavy atom. The van der Waals surface area contributed by atoms with E-state index in [-0.39, 0.29) is 12.0 Å². The molecule has 0 aliphatic rings. The third-order valence-corrected chi connectivity index (χ3v) is 3.60. The molecular weight excluding hydrogens is 306 g/mol. The van der Waals surface area contributed by atoms with E-state index in [1.54, 1.807) is 18.3 Å². The van der Waals surface area contributed by atoms with Gasteiger partial charge in [0.15, 0.2) is 0 Å². The normalized spacial score (nSPS) is 10.5. The topological polar surface area (TPSA) is 94.2 Å². The Balaban J connectivity index is 1.61. The molecular formula is C18H23N3O3. The van der Waals surface area contributed by atoms with Crippen LogP contribution in [-0.4, -0.2) is 35.7 Å². The van der Waals surface area contributed by atoms with Gasteiger partial charge in [0.1, 0.15) is 5.69 Å². The monoisotopic (exact) mass is 329 g/mol. The van der Waals surface area contributed by atoms with Crippen molar-refractivity contribution in [3.05, 3.63) is 64.1 Å². The van der Waals surface area contributed by atoms with Crippen molar-refractivity contribution in [3.63, 3.8) is 0 Å². The number of anilines is 1. The molecule has 2 rings (SSSR count). The lowest BCUT2D eigenvalue weighted by molar-refractivity contribution is -0.136. The summed E-state index contributed by atoms with van der Waals surface area (Å²) in [6.45, 7) is 2.42. The average Bonchev–Trinajstić information content (AvgIpc) is 2.55. The molecule has 1 aromatic carbocycles. The summed E-state index contributed by atoms with van der Waals surface area (Å²) in [6.07, 6.45) is 3.44. The Morgan fingerprint density at radius 1 is 1.08 bits per heavy atom. The molecule has 6 heteroatoms. The molecule has 0 radical (unpaired) electrons. The van der Waals surface area contributed by atoms with Crippen LogP contribution < -0.4 is 16.2 Å². The first-order valence-electron chi connectivity index (χ1n) is 8.07. The highest BCUT2D eigenvalue weighted by atomic mass is 16.4. The predicted octanol–water partition coefficient (Wildman–Crippen LogP) is 1.64. The summed E-state index contributed by atoms with van der Waals surface area (Å²) < 4.78 is 0. The molecule has 4 N–H and O–H groups in total. The fraction of sp³-hybridized carbons (Fsp3) is 0.333. The van der Waals surface area contributed by atoms with Gasteiger partial charge in [-0.05, 0) is 49.2 Å². The smallest absolute Gasteiger partial charge is 0.307 e. The van der Waals surface area contributed by atoms with Crippen molar-refractivity contribution < 1.29 is 9.90 Å². The molecule has 1 heterocycles. The van der Waals surface area contributed by atoms with E-state index < -0.39 is 5.97 Å². The van der Waals surface area contributed by atoms with E-state index in [0.717, 1.165) is 43.6 Å². The molecule has 0 spiro atoms. The minimum Gasteiger partial charge on any atom is -0.481 e. The lowest BCUT2D eigenvalue weighted by atomic mass is 10.1. The van der Waals surface area contributed by atoms with E-state index in [0.29, 0.717) is 5.69 Å². The van der Waals surface area contributed by atoms with Crippen LogP contribution in [0, 0.1) is 0 Å². The lowest BCUT2D eigenvalue weighted by Crippen LogP contribution is -2.22. The first kappa shape index (κ1) is 17.7. The number of aromatic amines is 1. The minimum absolute atomic E-state index is 0.0611. The summed E-state index contributed by atoms with van der Waals surface area (Å²) >= 11 is 0. The molecule has 0 atom stereocenters. The standard InChI is InChI=1S/C18H23N3O3/c22-17(23)13-15-5-1-4-14(12-15)7-11-19-8-3-10-20-16-6-2-9-21-18(16)24/h1-2,4-6,9,12,19-20H,3,7-8,10-11,13H2,(H,21,24)(H,22,23). The molecule has 128 valence electrons. The van der Waals surface area contributed by atoms with Crippen LogP contribution in [0.4, 0.5) is 5.69 Å². The van der Waals surface area contributed by atoms with Gasteiger partial charge in [-0.15, -0.1) is 0 Å². The van der Waals surface area contributed by atoms with Gasteiger partial charge in [-0.25, -0.2) is 0 Å². The molecule has 0 aliphatic heterocycles. The van der Waals surface area contributed by atoms with Gasteiger partial charge in [0.25, 0.3) is 5.56 Å². The molecule has 0 aliphatic carbocycles. The summed E-state index contributed by atoms with van der Waals surface area (Å²) in [7, 11) is 0. The van der Waals surface area contributed by atoms with Crippen LogP contribution in [-0.2, 0) is 17.6 Å². The van der Waals surface area contributed by atoms with Gasteiger partial charge in [-0.2, -0.15) is 0 Å². The fourth-order valence-electron chi connectivity index (χ4n) is 2.42. The number of aliphatic carboxylic acids is 1. The molecule has 6 nitrogen and oxygen atoms in total. The van der Waals surface area contributed by atoms with Gasteiger partial charge in [-0.1, -0.05) is 24.3 Å². The maximum absolute atomic E-state index is 11.5. The van der Waals surface area contributed by atoms with Crippen LogP contribution in [0.5, 0.6) is 0 Å². The van der Waals surface area contributed by atoms with Crippen molar-refractivity contribution in [2.45, 2.75) is 19.3 Å². The van der Waals surface area contributed by atoms with Gasteiger partial charge in [0.2, 0.25) is 0 Å². The van der Waals surface area contributed by atoms with Crippen LogP contribution in [0.25, 0.3) is 0 Å². The minimum atomic E-state index is -0.810. The number of benzene rings is 1. The first-order chi connectivity index (χ1) is 11.6. The van der Waals surface area contributed by atoms with E-state index in [1.165, 1.54) is 0 Å². The van der Waals surface area contributed by atoms with Gasteiger partial charge in [0.05, 0.1) is 6.42 Å². The van der Waals surface area contributed by atoms with E-state index in [2.05, 4.69) is 15.6 Å². The van der Waals surface area contributed by atoms with Crippen LogP contribution in [0.2, 0.25) is 0 Å². The zero-order chi connectivity index (χ0) is 17.2. The molecule has 1 aromatic heterocycles. The molecule has 2 aromatic rings. The Bertz CT molecular complexity index is 712. The second kappa shape index (κ2) is 9.52. The molecule has 0 bridgehead atoms. The average molecular weight is 329 g/mol. The number of hydrogen-bond acceptors (Lipinski definition) is 4. The number of carboxylic acid groups (broad SMARTS) is 1. The summed E-state index contributed by atoms with van der Waals surface area (Å²) in [5.41, 5.74) is 2.45. The molecule has 0 saturated carbocycles. The van der Waals surface area contributed by atoms with Crippen molar-refractivity contribution in [2.24, 2.45) is 0 Å². The first-order valence-corrected chi connectivity index (χ1v) is 8.07.